The van der Waals surface area contributed by atoms with Crippen molar-refractivity contribution >= 4 is 11.7 Å². The number of methoxy groups -OCH3 is 1. The van der Waals surface area contributed by atoms with Crippen LogP contribution in [-0.4, -0.2) is 19.6 Å². The molecule has 0 fully saturated rings. The average Bonchev–Trinajstić information content (AvgIpc) is 2.44. The number of allylic oxidation sites excluding steroid dienone is 2. The third-order valence-electron chi connectivity index (χ3n) is 3.85. The zero-order valence-corrected chi connectivity index (χ0v) is 12.8. The molecule has 1 aliphatic rings. The van der Waals surface area contributed by atoms with Crippen molar-refractivity contribution in [2.45, 2.75) is 26.7 Å². The number of carbonyl (C=O) groups is 1. The molecule has 1 aromatic carbocycles. The van der Waals surface area contributed by atoms with Crippen molar-refractivity contribution < 1.29 is 13.9 Å². The monoisotopic (exact) mass is 291 g/mol. The number of anilines is 1. The van der Waals surface area contributed by atoms with Gasteiger partial charge >= 0.3 is 5.97 Å². The summed E-state index contributed by atoms with van der Waals surface area (Å²) in [7, 11) is 1.25. The van der Waals surface area contributed by atoms with Crippen molar-refractivity contribution in [3.05, 3.63) is 41.2 Å². The Hall–Kier alpha value is -1.84. The summed E-state index contributed by atoms with van der Waals surface area (Å²) in [6.45, 7) is 5.21. The number of rotatable bonds is 4. The minimum absolute atomic E-state index is 0.0319. The fourth-order valence-corrected chi connectivity index (χ4v) is 3.01. The van der Waals surface area contributed by atoms with Crippen LogP contribution in [-0.2, 0) is 4.74 Å². The molecule has 0 aliphatic heterocycles. The summed E-state index contributed by atoms with van der Waals surface area (Å²) in [4.78, 5) is 11.5. The molecule has 0 spiro atoms. The summed E-state index contributed by atoms with van der Waals surface area (Å²) in [5, 5.41) is 3.30. The van der Waals surface area contributed by atoms with Crippen LogP contribution >= 0.6 is 0 Å². The molecule has 114 valence electrons. The van der Waals surface area contributed by atoms with Gasteiger partial charge in [-0.25, -0.2) is 9.18 Å². The molecule has 2 atom stereocenters. The molecule has 0 aromatic heterocycles. The molecule has 4 heteroatoms. The Bertz CT molecular complexity index is 554. The molecule has 3 nitrogen and oxygen atoms in total. The van der Waals surface area contributed by atoms with Crippen molar-refractivity contribution in [2.75, 3.05) is 19.0 Å². The molecule has 0 saturated heterocycles. The van der Waals surface area contributed by atoms with Crippen LogP contribution in [0.4, 0.5) is 10.1 Å². The fraction of sp³-hybridized carbons (Fsp3) is 0.471. The Kier molecular flexibility index (Phi) is 4.99. The van der Waals surface area contributed by atoms with E-state index in [2.05, 4.69) is 30.0 Å². The summed E-state index contributed by atoms with van der Waals surface area (Å²) < 4.78 is 18.1. The number of hydrogen-bond acceptors (Lipinski definition) is 3. The van der Waals surface area contributed by atoms with Crippen molar-refractivity contribution in [3.8, 4) is 0 Å². The Morgan fingerprint density at radius 2 is 2.24 bits per heavy atom. The van der Waals surface area contributed by atoms with E-state index in [1.54, 1.807) is 6.07 Å². The molecule has 1 aromatic rings. The van der Waals surface area contributed by atoms with Crippen molar-refractivity contribution in [1.29, 1.82) is 0 Å². The highest BCUT2D eigenvalue weighted by Gasteiger charge is 2.18. The first kappa shape index (κ1) is 15.5. The number of esters is 1. The summed E-state index contributed by atoms with van der Waals surface area (Å²) >= 11 is 0. The van der Waals surface area contributed by atoms with Gasteiger partial charge in [0.05, 0.1) is 12.7 Å². The maximum atomic E-state index is 13.6. The van der Waals surface area contributed by atoms with Crippen LogP contribution in [0.1, 0.15) is 37.0 Å². The van der Waals surface area contributed by atoms with Crippen LogP contribution in [0, 0.1) is 17.7 Å². The summed E-state index contributed by atoms with van der Waals surface area (Å²) in [6.07, 6.45) is 4.56. The minimum Gasteiger partial charge on any atom is -0.465 e. The van der Waals surface area contributed by atoms with Gasteiger partial charge in [0.25, 0.3) is 0 Å². The maximum absolute atomic E-state index is 13.6. The predicted octanol–water partition coefficient (Wildman–Crippen LogP) is 4.02. The zero-order chi connectivity index (χ0) is 15.4. The van der Waals surface area contributed by atoms with Gasteiger partial charge in [0.15, 0.2) is 0 Å². The molecule has 1 N–H and O–H groups in total. The minimum atomic E-state index is -0.652. The van der Waals surface area contributed by atoms with Gasteiger partial charge in [-0.2, -0.15) is 0 Å². The van der Waals surface area contributed by atoms with Gasteiger partial charge in [-0.1, -0.05) is 18.6 Å². The summed E-state index contributed by atoms with van der Waals surface area (Å²) in [5.74, 6) is -0.0419. The quantitative estimate of drug-likeness (QED) is 0.672. The van der Waals surface area contributed by atoms with Crippen LogP contribution in [0.15, 0.2) is 29.8 Å². The van der Waals surface area contributed by atoms with E-state index in [0.29, 0.717) is 11.8 Å². The first-order chi connectivity index (χ1) is 9.99. The molecule has 0 heterocycles. The van der Waals surface area contributed by atoms with E-state index in [1.807, 2.05) is 0 Å². The van der Waals surface area contributed by atoms with Crippen molar-refractivity contribution in [1.82, 2.24) is 0 Å². The third-order valence-corrected chi connectivity index (χ3v) is 3.85. The molecule has 2 rings (SSSR count). The van der Waals surface area contributed by atoms with Crippen molar-refractivity contribution in [3.63, 3.8) is 0 Å². The SMILES string of the molecule is COC(=O)c1cc(NCC2CC(C)=CC(C)C2)ccc1F. The second-order valence-electron chi connectivity index (χ2n) is 5.86. The highest BCUT2D eigenvalue weighted by Crippen LogP contribution is 2.28. The zero-order valence-electron chi connectivity index (χ0n) is 12.8. The van der Waals surface area contributed by atoms with Crippen LogP contribution in [0.3, 0.4) is 0 Å². The fourth-order valence-electron chi connectivity index (χ4n) is 3.01. The molecule has 0 radical (unpaired) electrons. The maximum Gasteiger partial charge on any atom is 0.340 e. The first-order valence-electron chi connectivity index (χ1n) is 7.28. The van der Waals surface area contributed by atoms with Crippen LogP contribution < -0.4 is 5.32 Å². The van der Waals surface area contributed by atoms with E-state index in [0.717, 1.165) is 25.1 Å². The lowest BCUT2D eigenvalue weighted by molar-refractivity contribution is 0.0595. The first-order valence-corrected chi connectivity index (χ1v) is 7.28. The third kappa shape index (κ3) is 4.06. The Balaban J connectivity index is 2.01. The lowest BCUT2D eigenvalue weighted by atomic mass is 9.84. The molecule has 1 aliphatic carbocycles. The van der Waals surface area contributed by atoms with Gasteiger partial charge in [0.1, 0.15) is 5.82 Å². The van der Waals surface area contributed by atoms with Gasteiger partial charge in [-0.3, -0.25) is 0 Å². The summed E-state index contributed by atoms with van der Waals surface area (Å²) in [6, 6.07) is 4.45. The highest BCUT2D eigenvalue weighted by molar-refractivity contribution is 5.90. The lowest BCUT2D eigenvalue weighted by Gasteiger charge is -2.26. The highest BCUT2D eigenvalue weighted by atomic mass is 19.1. The molecule has 0 saturated carbocycles. The molecular formula is C17H22FNO2. The lowest BCUT2D eigenvalue weighted by Crippen LogP contribution is -2.20. The Morgan fingerprint density at radius 1 is 1.48 bits per heavy atom. The topological polar surface area (TPSA) is 38.3 Å². The Labute approximate surface area is 125 Å². The van der Waals surface area contributed by atoms with E-state index in [9.17, 15) is 9.18 Å². The van der Waals surface area contributed by atoms with Gasteiger partial charge in [0.2, 0.25) is 0 Å². The number of nitrogens with one attached hydrogen (secondary N) is 1. The van der Waals surface area contributed by atoms with E-state index in [-0.39, 0.29) is 5.56 Å². The van der Waals surface area contributed by atoms with E-state index in [1.165, 1.54) is 24.8 Å². The van der Waals surface area contributed by atoms with Gasteiger partial charge in [0, 0.05) is 12.2 Å². The number of hydrogen-bond donors (Lipinski definition) is 1. The number of benzene rings is 1. The molecule has 2 unspecified atom stereocenters. The van der Waals surface area contributed by atoms with Gasteiger partial charge in [-0.15, -0.1) is 0 Å². The van der Waals surface area contributed by atoms with Crippen LogP contribution in [0.25, 0.3) is 0 Å². The Morgan fingerprint density at radius 3 is 2.90 bits per heavy atom. The van der Waals surface area contributed by atoms with E-state index in [4.69, 9.17) is 0 Å². The number of carbonyl (C=O) groups excluding carboxylic acids is 1. The molecular weight excluding hydrogens is 269 g/mol. The molecule has 0 bridgehead atoms. The second-order valence-corrected chi connectivity index (χ2v) is 5.86. The van der Waals surface area contributed by atoms with E-state index < -0.39 is 11.8 Å². The average molecular weight is 291 g/mol. The van der Waals surface area contributed by atoms with E-state index >= 15 is 0 Å². The van der Waals surface area contributed by atoms with Gasteiger partial charge in [-0.05, 0) is 49.8 Å². The number of halogens is 1. The summed E-state index contributed by atoms with van der Waals surface area (Å²) in [5.41, 5.74) is 2.14. The molecule has 0 amide bonds. The molecule has 21 heavy (non-hydrogen) atoms. The smallest absolute Gasteiger partial charge is 0.340 e. The number of ether oxygens (including phenoxy) is 1. The van der Waals surface area contributed by atoms with Crippen LogP contribution in [0.5, 0.6) is 0 Å². The van der Waals surface area contributed by atoms with Crippen molar-refractivity contribution in [2.24, 2.45) is 11.8 Å². The van der Waals surface area contributed by atoms with Crippen LogP contribution in [0.2, 0.25) is 0 Å². The van der Waals surface area contributed by atoms with Gasteiger partial charge < -0.3 is 10.1 Å². The largest absolute Gasteiger partial charge is 0.465 e. The predicted molar refractivity (Wildman–Crippen MR) is 81.9 cm³/mol. The normalized spacial score (nSPS) is 21.6. The second kappa shape index (κ2) is 6.74. The standard InChI is InChI=1S/C17H22FNO2/c1-11-6-12(2)8-13(7-11)10-19-14-4-5-16(18)15(9-14)17(20)21-3/h4-6,9,11,13,19H,7-8,10H2,1-3H3.